The fourth-order valence-corrected chi connectivity index (χ4v) is 2.11. The zero-order valence-corrected chi connectivity index (χ0v) is 17.1. The average molecular weight is 475 g/mol. The molecule has 9 heteroatoms. The Morgan fingerprint density at radius 1 is 1.29 bits per heavy atom. The standard InChI is InChI=1S/C15H23F2N3O2S.HI/c1-4-21-13-9-11(5-6-12(13)22-14(16)17)10-20-15(18-2)19-7-8-23-3;/h5-6,9,14H,4,7-8,10H2,1-3H3,(H2,18,19,20);1H. The molecule has 0 saturated heterocycles. The number of ether oxygens (including phenoxy) is 2. The number of halogens is 3. The van der Waals surface area contributed by atoms with Crippen LogP contribution >= 0.6 is 35.7 Å². The number of rotatable bonds is 9. The van der Waals surface area contributed by atoms with E-state index < -0.39 is 6.61 Å². The molecule has 0 unspecified atom stereocenters. The summed E-state index contributed by atoms with van der Waals surface area (Å²) in [7, 11) is 1.69. The minimum absolute atomic E-state index is 0. The van der Waals surface area contributed by atoms with Crippen molar-refractivity contribution >= 4 is 41.7 Å². The van der Waals surface area contributed by atoms with Crippen molar-refractivity contribution in [1.29, 1.82) is 0 Å². The molecule has 0 radical (unpaired) electrons. The van der Waals surface area contributed by atoms with Crippen LogP contribution in [0.25, 0.3) is 0 Å². The van der Waals surface area contributed by atoms with Gasteiger partial charge in [0.1, 0.15) is 0 Å². The third-order valence-corrected chi connectivity index (χ3v) is 3.42. The quantitative estimate of drug-likeness (QED) is 0.249. The molecular formula is C15H24F2IN3O2S. The summed E-state index contributed by atoms with van der Waals surface area (Å²) in [6.45, 7) is 0.584. The first-order valence-corrected chi connectivity index (χ1v) is 8.64. The summed E-state index contributed by atoms with van der Waals surface area (Å²) in [5, 5.41) is 6.34. The summed E-state index contributed by atoms with van der Waals surface area (Å²) in [4.78, 5) is 4.12. The first kappa shape index (κ1) is 23.0. The van der Waals surface area contributed by atoms with Crippen LogP contribution in [0.5, 0.6) is 11.5 Å². The van der Waals surface area contributed by atoms with E-state index >= 15 is 0 Å². The number of hydrogen-bond donors (Lipinski definition) is 2. The molecule has 0 atom stereocenters. The summed E-state index contributed by atoms with van der Waals surface area (Å²) in [5.74, 6) is 2.00. The third-order valence-electron chi connectivity index (χ3n) is 2.81. The molecule has 0 aliphatic carbocycles. The molecule has 5 nitrogen and oxygen atoms in total. The fourth-order valence-electron chi connectivity index (χ4n) is 1.80. The molecule has 1 rings (SSSR count). The van der Waals surface area contributed by atoms with E-state index in [1.165, 1.54) is 6.07 Å². The summed E-state index contributed by atoms with van der Waals surface area (Å²) < 4.78 is 34.5. The highest BCUT2D eigenvalue weighted by Gasteiger charge is 2.11. The number of benzene rings is 1. The summed E-state index contributed by atoms with van der Waals surface area (Å²) in [6.07, 6.45) is 2.04. The molecule has 138 valence electrons. The van der Waals surface area contributed by atoms with Crippen molar-refractivity contribution in [2.45, 2.75) is 20.1 Å². The molecule has 0 aliphatic rings. The monoisotopic (exact) mass is 475 g/mol. The van der Waals surface area contributed by atoms with Gasteiger partial charge >= 0.3 is 6.61 Å². The zero-order valence-electron chi connectivity index (χ0n) is 14.0. The number of nitrogens with zero attached hydrogens (tertiary/aromatic N) is 1. The molecule has 1 aromatic rings. The van der Waals surface area contributed by atoms with Gasteiger partial charge in [-0.15, -0.1) is 24.0 Å². The maximum absolute atomic E-state index is 12.4. The normalized spacial score (nSPS) is 11.0. The Balaban J connectivity index is 0.00000529. The zero-order chi connectivity index (χ0) is 17.1. The van der Waals surface area contributed by atoms with Crippen LogP contribution in [0.3, 0.4) is 0 Å². The Bertz CT molecular complexity index is 508. The molecule has 24 heavy (non-hydrogen) atoms. The largest absolute Gasteiger partial charge is 0.490 e. The summed E-state index contributed by atoms with van der Waals surface area (Å²) in [6, 6.07) is 4.88. The lowest BCUT2D eigenvalue weighted by atomic mass is 10.2. The smallest absolute Gasteiger partial charge is 0.387 e. The van der Waals surface area contributed by atoms with Crippen molar-refractivity contribution in [2.75, 3.05) is 32.2 Å². The molecule has 0 bridgehead atoms. The lowest BCUT2D eigenvalue weighted by Gasteiger charge is -2.14. The van der Waals surface area contributed by atoms with Gasteiger partial charge < -0.3 is 20.1 Å². The van der Waals surface area contributed by atoms with E-state index in [1.54, 1.807) is 37.9 Å². The molecule has 2 N–H and O–H groups in total. The molecule has 0 spiro atoms. The number of aliphatic imine (C=N–C) groups is 1. The Hall–Kier alpha value is -0.970. The maximum Gasteiger partial charge on any atom is 0.387 e. The van der Waals surface area contributed by atoms with E-state index in [1.807, 2.05) is 6.26 Å². The van der Waals surface area contributed by atoms with E-state index in [9.17, 15) is 8.78 Å². The van der Waals surface area contributed by atoms with E-state index in [0.717, 1.165) is 17.9 Å². The Morgan fingerprint density at radius 2 is 2.04 bits per heavy atom. The summed E-state index contributed by atoms with van der Waals surface area (Å²) in [5.41, 5.74) is 0.878. The molecule has 1 aromatic carbocycles. The van der Waals surface area contributed by atoms with E-state index in [2.05, 4.69) is 20.4 Å². The number of alkyl halides is 2. The van der Waals surface area contributed by atoms with Gasteiger partial charge in [0, 0.05) is 25.9 Å². The predicted octanol–water partition coefficient (Wildman–Crippen LogP) is 3.33. The van der Waals surface area contributed by atoms with Crippen molar-refractivity contribution in [3.63, 3.8) is 0 Å². The lowest BCUT2D eigenvalue weighted by Crippen LogP contribution is -2.37. The Kier molecular flexibility index (Phi) is 12.8. The van der Waals surface area contributed by atoms with Gasteiger partial charge in [-0.25, -0.2) is 0 Å². The van der Waals surface area contributed by atoms with E-state index in [4.69, 9.17) is 4.74 Å². The first-order chi connectivity index (χ1) is 11.1. The highest BCUT2D eigenvalue weighted by Crippen LogP contribution is 2.29. The number of thioether (sulfide) groups is 1. The Labute approximate surface area is 163 Å². The maximum atomic E-state index is 12.4. The summed E-state index contributed by atoms with van der Waals surface area (Å²) >= 11 is 1.75. The first-order valence-electron chi connectivity index (χ1n) is 7.24. The number of guanidine groups is 1. The van der Waals surface area contributed by atoms with Gasteiger partial charge in [0.2, 0.25) is 0 Å². The van der Waals surface area contributed by atoms with Crippen molar-refractivity contribution in [3.8, 4) is 11.5 Å². The topological polar surface area (TPSA) is 54.9 Å². The SMILES string of the molecule is CCOc1cc(CNC(=NC)NCCSC)ccc1OC(F)F.I. The fraction of sp³-hybridized carbons (Fsp3) is 0.533. The minimum atomic E-state index is -2.88. The van der Waals surface area contributed by atoms with E-state index in [-0.39, 0.29) is 29.7 Å². The van der Waals surface area contributed by atoms with Gasteiger partial charge in [-0.1, -0.05) is 6.07 Å². The molecule has 0 amide bonds. The average Bonchev–Trinajstić information content (AvgIpc) is 2.52. The van der Waals surface area contributed by atoms with Gasteiger partial charge in [-0.2, -0.15) is 20.5 Å². The van der Waals surface area contributed by atoms with Gasteiger partial charge in [0.25, 0.3) is 0 Å². The lowest BCUT2D eigenvalue weighted by molar-refractivity contribution is -0.0514. The van der Waals surface area contributed by atoms with Gasteiger partial charge in [-0.05, 0) is 30.9 Å². The second kappa shape index (κ2) is 13.3. The van der Waals surface area contributed by atoms with Gasteiger partial charge in [0.05, 0.1) is 6.61 Å². The highest BCUT2D eigenvalue weighted by molar-refractivity contribution is 14.0. The van der Waals surface area contributed by atoms with E-state index in [0.29, 0.717) is 24.9 Å². The minimum Gasteiger partial charge on any atom is -0.490 e. The van der Waals surface area contributed by atoms with Crippen molar-refractivity contribution in [3.05, 3.63) is 23.8 Å². The molecular weight excluding hydrogens is 451 g/mol. The van der Waals surface area contributed by atoms with Crippen molar-refractivity contribution in [1.82, 2.24) is 10.6 Å². The van der Waals surface area contributed by atoms with Gasteiger partial charge in [-0.3, -0.25) is 4.99 Å². The van der Waals surface area contributed by atoms with Crippen molar-refractivity contribution in [2.24, 2.45) is 4.99 Å². The van der Waals surface area contributed by atoms with Crippen LogP contribution in [0.2, 0.25) is 0 Å². The third kappa shape index (κ3) is 8.76. The number of hydrogen-bond acceptors (Lipinski definition) is 4. The highest BCUT2D eigenvalue weighted by atomic mass is 127. The van der Waals surface area contributed by atoms with Crippen LogP contribution in [-0.4, -0.2) is 44.8 Å². The van der Waals surface area contributed by atoms with Crippen LogP contribution in [0.4, 0.5) is 8.78 Å². The van der Waals surface area contributed by atoms with Crippen LogP contribution < -0.4 is 20.1 Å². The molecule has 0 saturated carbocycles. The van der Waals surface area contributed by atoms with Crippen molar-refractivity contribution < 1.29 is 18.3 Å². The Morgan fingerprint density at radius 3 is 2.62 bits per heavy atom. The predicted molar refractivity (Wildman–Crippen MR) is 106 cm³/mol. The van der Waals surface area contributed by atoms with Crippen LogP contribution in [-0.2, 0) is 6.54 Å². The number of nitrogens with one attached hydrogen (secondary N) is 2. The van der Waals surface area contributed by atoms with Crippen LogP contribution in [0.15, 0.2) is 23.2 Å². The van der Waals surface area contributed by atoms with Crippen LogP contribution in [0, 0.1) is 0 Å². The van der Waals surface area contributed by atoms with Gasteiger partial charge in [0.15, 0.2) is 17.5 Å². The molecule has 0 aromatic heterocycles. The second-order valence-corrected chi connectivity index (χ2v) is 5.42. The van der Waals surface area contributed by atoms with Crippen LogP contribution in [0.1, 0.15) is 12.5 Å². The second-order valence-electron chi connectivity index (χ2n) is 4.44. The molecule has 0 fully saturated rings. The molecule has 0 aliphatic heterocycles. The molecule has 0 heterocycles.